The normalized spacial score (nSPS) is 11.2. The van der Waals surface area contributed by atoms with E-state index < -0.39 is 0 Å². The van der Waals surface area contributed by atoms with Gasteiger partial charge in [0, 0.05) is 42.3 Å². The summed E-state index contributed by atoms with van der Waals surface area (Å²) < 4.78 is 1.88. The van der Waals surface area contributed by atoms with Gasteiger partial charge in [0.15, 0.2) is 0 Å². The molecule has 1 N–H and O–H groups in total. The van der Waals surface area contributed by atoms with Crippen molar-refractivity contribution in [2.75, 3.05) is 0 Å². The minimum atomic E-state index is 0.496. The largest absolute Gasteiger partial charge is 0.310 e. The molecule has 0 atom stereocenters. The Morgan fingerprint density at radius 3 is 2.94 bits per heavy atom. The van der Waals surface area contributed by atoms with Crippen LogP contribution in [0.2, 0.25) is 0 Å². The summed E-state index contributed by atoms with van der Waals surface area (Å²) in [7, 11) is 1.97. The van der Waals surface area contributed by atoms with E-state index in [2.05, 4.69) is 47.3 Å². The van der Waals surface area contributed by atoms with Gasteiger partial charge in [0.25, 0.3) is 0 Å². The summed E-state index contributed by atoms with van der Waals surface area (Å²) in [6.07, 6.45) is 2.09. The van der Waals surface area contributed by atoms with Crippen molar-refractivity contribution >= 4 is 11.3 Å². The highest BCUT2D eigenvalue weighted by molar-refractivity contribution is 7.08. The van der Waals surface area contributed by atoms with Gasteiger partial charge in [-0.05, 0) is 11.4 Å². The number of nitrogens with zero attached hydrogens (tertiary/aromatic N) is 2. The summed E-state index contributed by atoms with van der Waals surface area (Å²) in [5.41, 5.74) is 3.57. The summed E-state index contributed by atoms with van der Waals surface area (Å²) in [4.78, 5) is 0. The van der Waals surface area contributed by atoms with E-state index in [1.54, 1.807) is 11.3 Å². The lowest BCUT2D eigenvalue weighted by atomic mass is 10.1. The van der Waals surface area contributed by atoms with E-state index >= 15 is 0 Å². The van der Waals surface area contributed by atoms with Crippen molar-refractivity contribution in [2.24, 2.45) is 7.05 Å². The van der Waals surface area contributed by atoms with E-state index in [1.165, 1.54) is 11.1 Å². The lowest BCUT2D eigenvalue weighted by molar-refractivity contribution is 0.589. The van der Waals surface area contributed by atoms with Gasteiger partial charge in [-0.2, -0.15) is 16.4 Å². The van der Waals surface area contributed by atoms with Crippen molar-refractivity contribution in [3.8, 4) is 11.3 Å². The van der Waals surface area contributed by atoms with E-state index in [0.717, 1.165) is 12.2 Å². The van der Waals surface area contributed by atoms with E-state index in [1.807, 2.05) is 11.7 Å². The molecule has 0 bridgehead atoms. The van der Waals surface area contributed by atoms with Gasteiger partial charge in [-0.25, -0.2) is 0 Å². The van der Waals surface area contributed by atoms with Crippen LogP contribution in [0.5, 0.6) is 0 Å². The standard InChI is InChI=1S/C12H17N3S/c1-9(2)13-6-11-7-15(3)14-12(11)10-4-5-16-8-10/h4-5,7-9,13H,6H2,1-3H3. The number of thiophene rings is 1. The van der Waals surface area contributed by atoms with Gasteiger partial charge in [-0.1, -0.05) is 13.8 Å². The second-order valence-corrected chi connectivity index (χ2v) is 5.00. The first-order chi connectivity index (χ1) is 7.66. The Hall–Kier alpha value is -1.13. The van der Waals surface area contributed by atoms with Gasteiger partial charge in [-0.15, -0.1) is 0 Å². The van der Waals surface area contributed by atoms with Crippen molar-refractivity contribution in [2.45, 2.75) is 26.4 Å². The van der Waals surface area contributed by atoms with Crippen molar-refractivity contribution in [1.29, 1.82) is 0 Å². The molecule has 86 valence electrons. The van der Waals surface area contributed by atoms with E-state index in [0.29, 0.717) is 6.04 Å². The Balaban J connectivity index is 2.24. The van der Waals surface area contributed by atoms with E-state index in [9.17, 15) is 0 Å². The summed E-state index contributed by atoms with van der Waals surface area (Å²) in [6, 6.07) is 2.61. The molecule has 0 spiro atoms. The van der Waals surface area contributed by atoms with E-state index in [4.69, 9.17) is 0 Å². The molecule has 0 saturated heterocycles. The lowest BCUT2D eigenvalue weighted by Gasteiger charge is -2.07. The molecule has 0 unspecified atom stereocenters. The predicted octanol–water partition coefficient (Wildman–Crippen LogP) is 2.65. The molecule has 2 heterocycles. The number of aryl methyl sites for hydroxylation is 1. The Kier molecular flexibility index (Phi) is 3.41. The number of hydrogen-bond acceptors (Lipinski definition) is 3. The van der Waals surface area contributed by atoms with Gasteiger partial charge >= 0.3 is 0 Å². The highest BCUT2D eigenvalue weighted by Crippen LogP contribution is 2.24. The number of rotatable bonds is 4. The number of aromatic nitrogens is 2. The molecule has 3 nitrogen and oxygen atoms in total. The zero-order valence-electron chi connectivity index (χ0n) is 9.90. The van der Waals surface area contributed by atoms with Crippen LogP contribution in [-0.4, -0.2) is 15.8 Å². The first-order valence-electron chi connectivity index (χ1n) is 5.45. The predicted molar refractivity (Wildman–Crippen MR) is 68.5 cm³/mol. The Labute approximate surface area is 100 Å². The Morgan fingerprint density at radius 2 is 2.31 bits per heavy atom. The molecule has 0 radical (unpaired) electrons. The van der Waals surface area contributed by atoms with Crippen LogP contribution in [0.25, 0.3) is 11.3 Å². The summed E-state index contributed by atoms with van der Waals surface area (Å²) >= 11 is 1.71. The summed E-state index contributed by atoms with van der Waals surface area (Å²) in [5.74, 6) is 0. The van der Waals surface area contributed by atoms with Crippen LogP contribution in [0, 0.1) is 0 Å². The van der Waals surface area contributed by atoms with Crippen LogP contribution < -0.4 is 5.32 Å². The molecule has 0 saturated carbocycles. The molecule has 2 aromatic heterocycles. The molecule has 16 heavy (non-hydrogen) atoms. The van der Waals surface area contributed by atoms with Crippen LogP contribution in [0.3, 0.4) is 0 Å². The fraction of sp³-hybridized carbons (Fsp3) is 0.417. The summed E-state index contributed by atoms with van der Waals surface area (Å²) in [5, 5.41) is 12.2. The minimum absolute atomic E-state index is 0.496. The second kappa shape index (κ2) is 4.80. The monoisotopic (exact) mass is 235 g/mol. The highest BCUT2D eigenvalue weighted by Gasteiger charge is 2.10. The maximum absolute atomic E-state index is 4.51. The van der Waals surface area contributed by atoms with Gasteiger partial charge in [0.2, 0.25) is 0 Å². The first kappa shape index (κ1) is 11.4. The van der Waals surface area contributed by atoms with E-state index in [-0.39, 0.29) is 0 Å². The van der Waals surface area contributed by atoms with Crippen molar-refractivity contribution in [3.05, 3.63) is 28.6 Å². The third kappa shape index (κ3) is 2.51. The molecular weight excluding hydrogens is 218 g/mol. The Bertz CT molecular complexity index is 443. The molecule has 0 amide bonds. The van der Waals surface area contributed by atoms with Gasteiger partial charge < -0.3 is 5.32 Å². The average molecular weight is 235 g/mol. The summed E-state index contributed by atoms with van der Waals surface area (Å²) in [6.45, 7) is 5.18. The maximum Gasteiger partial charge on any atom is 0.0976 e. The van der Waals surface area contributed by atoms with Crippen molar-refractivity contribution in [1.82, 2.24) is 15.1 Å². The maximum atomic E-state index is 4.51. The van der Waals surface area contributed by atoms with Gasteiger partial charge in [0.1, 0.15) is 0 Å². The quantitative estimate of drug-likeness (QED) is 0.883. The minimum Gasteiger partial charge on any atom is -0.310 e. The molecular formula is C12H17N3S. The average Bonchev–Trinajstić information content (AvgIpc) is 2.82. The Morgan fingerprint density at radius 1 is 1.50 bits per heavy atom. The molecule has 0 aliphatic rings. The first-order valence-corrected chi connectivity index (χ1v) is 6.39. The van der Waals surface area contributed by atoms with Crippen LogP contribution in [0.15, 0.2) is 23.0 Å². The van der Waals surface area contributed by atoms with Crippen molar-refractivity contribution in [3.63, 3.8) is 0 Å². The van der Waals surface area contributed by atoms with Crippen LogP contribution in [0.1, 0.15) is 19.4 Å². The molecule has 2 rings (SSSR count). The molecule has 0 fully saturated rings. The van der Waals surface area contributed by atoms with Crippen molar-refractivity contribution < 1.29 is 0 Å². The van der Waals surface area contributed by atoms with Gasteiger partial charge in [-0.3, -0.25) is 4.68 Å². The molecule has 0 aliphatic carbocycles. The lowest BCUT2D eigenvalue weighted by Crippen LogP contribution is -2.21. The molecule has 2 aromatic rings. The van der Waals surface area contributed by atoms with Gasteiger partial charge in [0.05, 0.1) is 5.69 Å². The highest BCUT2D eigenvalue weighted by atomic mass is 32.1. The molecule has 4 heteroatoms. The third-order valence-electron chi connectivity index (χ3n) is 2.40. The van der Waals surface area contributed by atoms with Crippen LogP contribution >= 0.6 is 11.3 Å². The fourth-order valence-electron chi connectivity index (χ4n) is 1.62. The number of hydrogen-bond donors (Lipinski definition) is 1. The van der Waals surface area contributed by atoms with Crippen LogP contribution in [-0.2, 0) is 13.6 Å². The number of nitrogens with one attached hydrogen (secondary N) is 1. The zero-order valence-corrected chi connectivity index (χ0v) is 10.7. The molecule has 0 aromatic carbocycles. The molecule has 0 aliphatic heterocycles. The van der Waals surface area contributed by atoms with Crippen LogP contribution in [0.4, 0.5) is 0 Å². The SMILES string of the molecule is CC(C)NCc1cn(C)nc1-c1ccsc1. The smallest absolute Gasteiger partial charge is 0.0976 e. The zero-order chi connectivity index (χ0) is 11.5. The fourth-order valence-corrected chi connectivity index (χ4v) is 2.26. The third-order valence-corrected chi connectivity index (χ3v) is 3.08. The topological polar surface area (TPSA) is 29.9 Å². The second-order valence-electron chi connectivity index (χ2n) is 4.22.